The Morgan fingerprint density at radius 1 is 0.781 bits per heavy atom. The van der Waals surface area contributed by atoms with Crippen LogP contribution in [-0.4, -0.2) is 9.49 Å². The average Bonchev–Trinajstić information content (AvgIpc) is 3.21. The Kier molecular flexibility index (Phi) is 6.78. The third kappa shape index (κ3) is 5.71. The van der Waals surface area contributed by atoms with Crippen LogP contribution in [0.4, 0.5) is 5.69 Å². The summed E-state index contributed by atoms with van der Waals surface area (Å²) in [6.45, 7) is 5.51. The lowest BCUT2D eigenvalue weighted by atomic mass is 10.1. The zero-order valence-corrected chi connectivity index (χ0v) is 18.3. The predicted molar refractivity (Wildman–Crippen MR) is 126 cm³/mol. The Morgan fingerprint density at radius 2 is 1.47 bits per heavy atom. The number of nitrogens with one attached hydrogen (secondary N) is 1. The van der Waals surface area contributed by atoms with Gasteiger partial charge in [0.1, 0.15) is 19.6 Å². The molecule has 5 nitrogen and oxygen atoms in total. The van der Waals surface area contributed by atoms with E-state index in [9.17, 15) is 10.1 Å². The molecule has 0 aliphatic carbocycles. The second kappa shape index (κ2) is 10.1. The van der Waals surface area contributed by atoms with Crippen LogP contribution in [-0.2, 0) is 26.2 Å². The molecule has 0 bridgehead atoms. The highest BCUT2D eigenvalue weighted by Crippen LogP contribution is 2.12. The molecular formula is C27H28N3O2+. The van der Waals surface area contributed by atoms with Gasteiger partial charge in [-0.15, -0.1) is 0 Å². The summed E-state index contributed by atoms with van der Waals surface area (Å²) in [5.74, 6) is 0. The smallest absolute Gasteiger partial charge is 0.269 e. The van der Waals surface area contributed by atoms with E-state index in [1.807, 2.05) is 18.2 Å². The van der Waals surface area contributed by atoms with E-state index in [-0.39, 0.29) is 10.6 Å². The van der Waals surface area contributed by atoms with Crippen LogP contribution in [0, 0.1) is 17.0 Å². The largest absolute Gasteiger partial charge is 0.342 e. The Labute approximate surface area is 188 Å². The molecule has 1 aromatic heterocycles. The molecule has 0 fully saturated rings. The van der Waals surface area contributed by atoms with Gasteiger partial charge < -0.3 is 9.47 Å². The average molecular weight is 427 g/mol. The SMILES string of the molecule is Cc1cccc(Cn2cccc2C[NH+](Cc2ccccc2)Cc2ccc([N+](=O)[O-])cc2)c1. The van der Waals surface area contributed by atoms with Gasteiger partial charge in [-0.25, -0.2) is 0 Å². The number of nitro benzene ring substituents is 1. The molecule has 0 aliphatic heterocycles. The van der Waals surface area contributed by atoms with Gasteiger partial charge in [0.2, 0.25) is 0 Å². The van der Waals surface area contributed by atoms with Crippen LogP contribution < -0.4 is 4.90 Å². The summed E-state index contributed by atoms with van der Waals surface area (Å²) in [6, 6.07) is 30.3. The highest BCUT2D eigenvalue weighted by Gasteiger charge is 2.15. The third-order valence-electron chi connectivity index (χ3n) is 5.69. The maximum atomic E-state index is 11.0. The van der Waals surface area contributed by atoms with Crippen molar-refractivity contribution < 1.29 is 9.82 Å². The van der Waals surface area contributed by atoms with Crippen molar-refractivity contribution >= 4 is 5.69 Å². The zero-order valence-electron chi connectivity index (χ0n) is 18.3. The molecule has 1 atom stereocenters. The molecule has 3 aromatic carbocycles. The van der Waals surface area contributed by atoms with Crippen molar-refractivity contribution in [1.82, 2.24) is 4.57 Å². The summed E-state index contributed by atoms with van der Waals surface area (Å²) in [5.41, 5.74) is 6.34. The Bertz CT molecular complexity index is 1170. The van der Waals surface area contributed by atoms with Crippen LogP contribution in [0.2, 0.25) is 0 Å². The predicted octanol–water partition coefficient (Wildman–Crippen LogP) is 4.54. The first-order valence-corrected chi connectivity index (χ1v) is 10.9. The van der Waals surface area contributed by atoms with Crippen LogP contribution in [0.3, 0.4) is 0 Å². The minimum Gasteiger partial charge on any atom is -0.342 e. The van der Waals surface area contributed by atoms with Crippen LogP contribution >= 0.6 is 0 Å². The van der Waals surface area contributed by atoms with E-state index < -0.39 is 0 Å². The first-order valence-electron chi connectivity index (χ1n) is 10.9. The topological polar surface area (TPSA) is 52.5 Å². The Hall–Kier alpha value is -3.70. The standard InChI is InChI=1S/C27H27N3O2/c1-22-7-5-10-25(17-22)20-29-16-6-11-27(29)21-28(18-23-8-3-2-4-9-23)19-24-12-14-26(15-13-24)30(31)32/h2-17H,18-21H2,1H3/p+1. The molecule has 0 amide bonds. The highest BCUT2D eigenvalue weighted by molar-refractivity contribution is 5.32. The number of nitro groups is 1. The van der Waals surface area contributed by atoms with Crippen LogP contribution in [0.5, 0.6) is 0 Å². The number of rotatable bonds is 9. The van der Waals surface area contributed by atoms with Gasteiger partial charge in [-0.3, -0.25) is 10.1 Å². The summed E-state index contributed by atoms with van der Waals surface area (Å²) < 4.78 is 2.32. The number of hydrogen-bond donors (Lipinski definition) is 1. The van der Waals surface area contributed by atoms with E-state index in [0.29, 0.717) is 0 Å². The quantitative estimate of drug-likeness (QED) is 0.316. The van der Waals surface area contributed by atoms with Crippen LogP contribution in [0.1, 0.15) is 27.9 Å². The number of non-ortho nitro benzene ring substituents is 1. The number of aromatic nitrogens is 1. The van der Waals surface area contributed by atoms with Crippen LogP contribution in [0.15, 0.2) is 97.2 Å². The van der Waals surface area contributed by atoms with Crippen molar-refractivity contribution in [2.24, 2.45) is 0 Å². The normalized spacial score (nSPS) is 11.9. The lowest BCUT2D eigenvalue weighted by Gasteiger charge is -2.21. The molecule has 0 aliphatic rings. The van der Waals surface area contributed by atoms with Gasteiger partial charge in [0.15, 0.2) is 0 Å². The third-order valence-corrected chi connectivity index (χ3v) is 5.69. The molecule has 4 rings (SSSR count). The van der Waals surface area contributed by atoms with Crippen molar-refractivity contribution in [2.75, 3.05) is 0 Å². The molecule has 0 saturated heterocycles. The van der Waals surface area contributed by atoms with E-state index in [2.05, 4.69) is 78.4 Å². The number of benzene rings is 3. The summed E-state index contributed by atoms with van der Waals surface area (Å²) in [4.78, 5) is 12.0. The number of nitrogens with zero attached hydrogens (tertiary/aromatic N) is 2. The molecule has 0 saturated carbocycles. The minimum absolute atomic E-state index is 0.130. The van der Waals surface area contributed by atoms with Gasteiger partial charge in [0.05, 0.1) is 10.6 Å². The fourth-order valence-electron chi connectivity index (χ4n) is 4.12. The molecule has 4 aromatic rings. The lowest BCUT2D eigenvalue weighted by molar-refractivity contribution is -0.941. The molecule has 0 radical (unpaired) electrons. The number of hydrogen-bond acceptors (Lipinski definition) is 2. The Morgan fingerprint density at radius 3 is 2.16 bits per heavy atom. The van der Waals surface area contributed by atoms with E-state index >= 15 is 0 Å². The molecule has 162 valence electrons. The van der Waals surface area contributed by atoms with Gasteiger partial charge in [0.25, 0.3) is 5.69 Å². The van der Waals surface area contributed by atoms with E-state index in [1.165, 1.54) is 27.3 Å². The van der Waals surface area contributed by atoms with Gasteiger partial charge in [-0.2, -0.15) is 0 Å². The Balaban J connectivity index is 1.54. The van der Waals surface area contributed by atoms with Crippen molar-refractivity contribution in [3.8, 4) is 0 Å². The van der Waals surface area contributed by atoms with E-state index in [4.69, 9.17) is 0 Å². The lowest BCUT2D eigenvalue weighted by Crippen LogP contribution is -3.08. The van der Waals surface area contributed by atoms with Crippen molar-refractivity contribution in [3.05, 3.63) is 135 Å². The first kappa shape index (κ1) is 21.5. The summed E-state index contributed by atoms with van der Waals surface area (Å²) >= 11 is 0. The molecule has 0 spiro atoms. The number of quaternary nitrogens is 1. The monoisotopic (exact) mass is 426 g/mol. The number of aryl methyl sites for hydroxylation is 1. The first-order chi connectivity index (χ1) is 15.6. The van der Waals surface area contributed by atoms with Gasteiger partial charge in [-0.1, -0.05) is 60.2 Å². The van der Waals surface area contributed by atoms with Crippen molar-refractivity contribution in [1.29, 1.82) is 0 Å². The summed E-state index contributed by atoms with van der Waals surface area (Å²) in [5, 5.41) is 11.0. The summed E-state index contributed by atoms with van der Waals surface area (Å²) in [7, 11) is 0. The molecular weight excluding hydrogens is 398 g/mol. The second-order valence-corrected chi connectivity index (χ2v) is 8.31. The molecule has 1 unspecified atom stereocenters. The van der Waals surface area contributed by atoms with E-state index in [1.54, 1.807) is 12.1 Å². The van der Waals surface area contributed by atoms with Crippen LogP contribution in [0.25, 0.3) is 0 Å². The fraction of sp³-hybridized carbons (Fsp3) is 0.185. The van der Waals surface area contributed by atoms with Gasteiger partial charge >= 0.3 is 0 Å². The minimum atomic E-state index is -0.351. The molecule has 32 heavy (non-hydrogen) atoms. The fourth-order valence-corrected chi connectivity index (χ4v) is 4.12. The molecule has 1 N–H and O–H groups in total. The zero-order chi connectivity index (χ0) is 22.3. The second-order valence-electron chi connectivity index (χ2n) is 8.31. The van der Waals surface area contributed by atoms with Gasteiger partial charge in [0, 0.05) is 36.0 Å². The molecule has 1 heterocycles. The molecule has 5 heteroatoms. The highest BCUT2D eigenvalue weighted by atomic mass is 16.6. The maximum Gasteiger partial charge on any atom is 0.269 e. The van der Waals surface area contributed by atoms with E-state index in [0.717, 1.165) is 31.7 Å². The summed E-state index contributed by atoms with van der Waals surface area (Å²) in [6.07, 6.45) is 2.14. The van der Waals surface area contributed by atoms with Crippen molar-refractivity contribution in [3.63, 3.8) is 0 Å². The van der Waals surface area contributed by atoms with Gasteiger partial charge in [-0.05, 0) is 36.8 Å². The van der Waals surface area contributed by atoms with Crippen molar-refractivity contribution in [2.45, 2.75) is 33.1 Å². The maximum absolute atomic E-state index is 11.0.